The van der Waals surface area contributed by atoms with E-state index in [-0.39, 0.29) is 13.2 Å². The molecule has 0 aliphatic rings. The number of rotatable bonds is 7. The van der Waals surface area contributed by atoms with Crippen LogP contribution in [0.2, 0.25) is 0 Å². The number of nitrogens with one attached hydrogen (secondary N) is 1. The average molecular weight is 415 g/mol. The normalized spacial score (nSPS) is 10.6. The molecule has 0 aliphatic heterocycles. The van der Waals surface area contributed by atoms with Gasteiger partial charge in [0.15, 0.2) is 5.76 Å². The molecule has 0 saturated carbocycles. The first-order valence-electron chi connectivity index (χ1n) is 9.82. The van der Waals surface area contributed by atoms with Crippen LogP contribution in [0.1, 0.15) is 37.7 Å². The summed E-state index contributed by atoms with van der Waals surface area (Å²) in [5.41, 5.74) is 3.02. The molecule has 2 aromatic carbocycles. The summed E-state index contributed by atoms with van der Waals surface area (Å²) >= 11 is 0. The number of aromatic amines is 1. The lowest BCUT2D eigenvalue weighted by Crippen LogP contribution is -2.05. The minimum Gasteiger partial charge on any atom is -0.459 e. The van der Waals surface area contributed by atoms with Crippen LogP contribution in [0, 0.1) is 6.92 Å². The minimum absolute atomic E-state index is 0.180. The summed E-state index contributed by atoms with van der Waals surface area (Å²) in [6, 6.07) is 23.8. The number of H-pyrrole nitrogens is 1. The highest BCUT2D eigenvalue weighted by atomic mass is 16.5. The molecule has 0 saturated heterocycles. The first kappa shape index (κ1) is 20.2. The van der Waals surface area contributed by atoms with Crippen molar-refractivity contribution in [3.63, 3.8) is 0 Å². The van der Waals surface area contributed by atoms with E-state index in [0.717, 1.165) is 11.1 Å². The van der Waals surface area contributed by atoms with Gasteiger partial charge in [0.25, 0.3) is 0 Å². The van der Waals surface area contributed by atoms with Crippen molar-refractivity contribution in [2.75, 3.05) is 0 Å². The van der Waals surface area contributed by atoms with Gasteiger partial charge in [-0.25, -0.2) is 9.59 Å². The Morgan fingerprint density at radius 2 is 1.39 bits per heavy atom. The summed E-state index contributed by atoms with van der Waals surface area (Å²) < 4.78 is 16.4. The second-order valence-electron chi connectivity index (χ2n) is 6.99. The van der Waals surface area contributed by atoms with Crippen LogP contribution in [0.15, 0.2) is 83.3 Å². The van der Waals surface area contributed by atoms with Crippen molar-refractivity contribution in [2.45, 2.75) is 20.1 Å². The maximum Gasteiger partial charge on any atom is 0.355 e. The molecule has 0 bridgehead atoms. The summed E-state index contributed by atoms with van der Waals surface area (Å²) in [4.78, 5) is 27.7. The van der Waals surface area contributed by atoms with Crippen molar-refractivity contribution in [1.29, 1.82) is 0 Å². The van der Waals surface area contributed by atoms with Gasteiger partial charge in [-0.3, -0.25) is 0 Å². The molecule has 0 unspecified atom stereocenters. The number of furan rings is 1. The first-order valence-corrected chi connectivity index (χ1v) is 9.82. The number of carbonyl (C=O) groups is 2. The van der Waals surface area contributed by atoms with E-state index in [9.17, 15) is 9.59 Å². The number of aromatic nitrogens is 1. The van der Waals surface area contributed by atoms with E-state index in [2.05, 4.69) is 4.98 Å². The number of hydrogen-bond donors (Lipinski definition) is 1. The monoisotopic (exact) mass is 415 g/mol. The molecule has 2 heterocycles. The number of carbonyl (C=O) groups excluding carboxylic acids is 2. The van der Waals surface area contributed by atoms with Crippen LogP contribution < -0.4 is 0 Å². The molecule has 156 valence electrons. The summed E-state index contributed by atoms with van der Waals surface area (Å²) in [6.45, 7) is 2.06. The molecule has 0 atom stereocenters. The molecule has 0 spiro atoms. The molecule has 1 N–H and O–H groups in total. The van der Waals surface area contributed by atoms with Crippen LogP contribution in [0.3, 0.4) is 0 Å². The molecular formula is C25H21NO5. The van der Waals surface area contributed by atoms with Gasteiger partial charge >= 0.3 is 11.9 Å². The molecule has 0 fully saturated rings. The molecule has 4 aromatic rings. The van der Waals surface area contributed by atoms with Crippen molar-refractivity contribution >= 4 is 11.9 Å². The Morgan fingerprint density at radius 3 is 2.00 bits per heavy atom. The largest absolute Gasteiger partial charge is 0.459 e. The lowest BCUT2D eigenvalue weighted by Gasteiger charge is -2.03. The smallest absolute Gasteiger partial charge is 0.355 e. The predicted octanol–water partition coefficient (Wildman–Crippen LogP) is 5.30. The number of esters is 2. The van der Waals surface area contributed by atoms with Crippen LogP contribution in [-0.2, 0) is 22.7 Å². The van der Waals surface area contributed by atoms with E-state index in [0.29, 0.717) is 28.5 Å². The highest BCUT2D eigenvalue weighted by Gasteiger charge is 2.19. The molecule has 0 amide bonds. The number of benzene rings is 2. The molecule has 4 rings (SSSR count). The molecule has 6 nitrogen and oxygen atoms in total. The minimum atomic E-state index is -0.471. The Labute approximate surface area is 179 Å². The van der Waals surface area contributed by atoms with E-state index >= 15 is 0 Å². The first-order chi connectivity index (χ1) is 15.1. The maximum atomic E-state index is 12.5. The third-order valence-corrected chi connectivity index (χ3v) is 4.73. The van der Waals surface area contributed by atoms with Gasteiger partial charge in [-0.15, -0.1) is 0 Å². The van der Waals surface area contributed by atoms with Gasteiger partial charge in [-0.05, 0) is 30.2 Å². The molecular weight excluding hydrogens is 394 g/mol. The quantitative estimate of drug-likeness (QED) is 0.414. The fraction of sp³-hybridized carbons (Fsp3) is 0.120. The van der Waals surface area contributed by atoms with E-state index < -0.39 is 11.9 Å². The summed E-state index contributed by atoms with van der Waals surface area (Å²) in [6.07, 6.45) is 0. The van der Waals surface area contributed by atoms with E-state index in [1.54, 1.807) is 25.1 Å². The van der Waals surface area contributed by atoms with Crippen LogP contribution in [0.25, 0.3) is 11.5 Å². The van der Waals surface area contributed by atoms with Gasteiger partial charge in [0.05, 0.1) is 5.69 Å². The highest BCUT2D eigenvalue weighted by molar-refractivity contribution is 5.92. The van der Waals surface area contributed by atoms with Crippen molar-refractivity contribution in [3.8, 4) is 11.5 Å². The predicted molar refractivity (Wildman–Crippen MR) is 114 cm³/mol. The lowest BCUT2D eigenvalue weighted by molar-refractivity contribution is 0.0459. The Kier molecular flexibility index (Phi) is 5.98. The fourth-order valence-electron chi connectivity index (χ4n) is 3.08. The van der Waals surface area contributed by atoms with Gasteiger partial charge in [0.1, 0.15) is 30.2 Å². The Balaban J connectivity index is 1.40. The SMILES string of the molecule is Cc1oc(-c2ccc(C(=O)OCc3ccccc3)[nH]2)cc1C(=O)OCc1ccccc1. The standard InChI is InChI=1S/C25H21NO5/c1-17-20(24(27)29-15-18-8-4-2-5-9-18)14-23(31-17)21-12-13-22(26-21)25(28)30-16-19-10-6-3-7-11-19/h2-14,26H,15-16H2,1H3. The zero-order chi connectivity index (χ0) is 21.6. The average Bonchev–Trinajstić information content (AvgIpc) is 3.44. The van der Waals surface area contributed by atoms with Crippen molar-refractivity contribution in [2.24, 2.45) is 0 Å². The van der Waals surface area contributed by atoms with Gasteiger partial charge in [0.2, 0.25) is 0 Å². The van der Waals surface area contributed by atoms with Crippen molar-refractivity contribution in [1.82, 2.24) is 4.98 Å². The van der Waals surface area contributed by atoms with Gasteiger partial charge < -0.3 is 18.9 Å². The number of hydrogen-bond acceptors (Lipinski definition) is 5. The molecule has 31 heavy (non-hydrogen) atoms. The number of ether oxygens (including phenoxy) is 2. The third-order valence-electron chi connectivity index (χ3n) is 4.73. The van der Waals surface area contributed by atoms with Gasteiger partial charge in [-0.1, -0.05) is 60.7 Å². The van der Waals surface area contributed by atoms with Crippen LogP contribution in [-0.4, -0.2) is 16.9 Å². The van der Waals surface area contributed by atoms with Gasteiger partial charge in [0, 0.05) is 6.07 Å². The zero-order valence-electron chi connectivity index (χ0n) is 17.0. The van der Waals surface area contributed by atoms with E-state index in [4.69, 9.17) is 13.9 Å². The second kappa shape index (κ2) is 9.17. The van der Waals surface area contributed by atoms with E-state index in [1.165, 1.54) is 0 Å². The van der Waals surface area contributed by atoms with Crippen LogP contribution in [0.5, 0.6) is 0 Å². The fourth-order valence-corrected chi connectivity index (χ4v) is 3.08. The zero-order valence-corrected chi connectivity index (χ0v) is 17.0. The van der Waals surface area contributed by atoms with Gasteiger partial charge in [-0.2, -0.15) is 0 Å². The second-order valence-corrected chi connectivity index (χ2v) is 6.99. The van der Waals surface area contributed by atoms with Crippen LogP contribution >= 0.6 is 0 Å². The molecule has 6 heteroatoms. The summed E-state index contributed by atoms with van der Waals surface area (Å²) in [7, 11) is 0. The Hall–Kier alpha value is -4.06. The number of aryl methyl sites for hydroxylation is 1. The Bertz CT molecular complexity index is 1180. The molecule has 2 aromatic heterocycles. The lowest BCUT2D eigenvalue weighted by atomic mass is 10.2. The summed E-state index contributed by atoms with van der Waals surface area (Å²) in [5, 5.41) is 0. The summed E-state index contributed by atoms with van der Waals surface area (Å²) in [5.74, 6) is -0.0617. The highest BCUT2D eigenvalue weighted by Crippen LogP contribution is 2.26. The topological polar surface area (TPSA) is 81.5 Å². The van der Waals surface area contributed by atoms with Crippen molar-refractivity contribution in [3.05, 3.63) is 107 Å². The Morgan fingerprint density at radius 1 is 0.806 bits per heavy atom. The third kappa shape index (κ3) is 4.93. The van der Waals surface area contributed by atoms with E-state index in [1.807, 2.05) is 60.7 Å². The molecule has 0 aliphatic carbocycles. The molecule has 0 radical (unpaired) electrons. The van der Waals surface area contributed by atoms with Crippen molar-refractivity contribution < 1.29 is 23.5 Å². The van der Waals surface area contributed by atoms with Crippen LogP contribution in [0.4, 0.5) is 0 Å². The maximum absolute atomic E-state index is 12.5.